The van der Waals surface area contributed by atoms with Crippen molar-refractivity contribution in [2.45, 2.75) is 12.8 Å². The van der Waals surface area contributed by atoms with Gasteiger partial charge in [-0.05, 0) is 30.9 Å². The van der Waals surface area contributed by atoms with E-state index in [0.717, 1.165) is 0 Å². The van der Waals surface area contributed by atoms with Crippen molar-refractivity contribution in [3.63, 3.8) is 0 Å². The molecule has 1 aliphatic rings. The average molecular weight is 327 g/mol. The molecule has 0 heterocycles. The minimum Gasteiger partial charge on any atom is -0.508 e. The van der Waals surface area contributed by atoms with Gasteiger partial charge in [0.25, 0.3) is 0 Å². The molecule has 116 valence electrons. The maximum atomic E-state index is 10.5. The molecule has 0 aliphatic heterocycles. The molecule has 0 bridgehead atoms. The van der Waals surface area contributed by atoms with Crippen LogP contribution in [0.15, 0.2) is 24.0 Å². The van der Waals surface area contributed by atoms with Gasteiger partial charge in [0, 0.05) is 6.54 Å². The zero-order valence-electron chi connectivity index (χ0n) is 10.8. The van der Waals surface area contributed by atoms with Gasteiger partial charge in [0.15, 0.2) is 0 Å². The first-order chi connectivity index (χ1) is 9.47. The first-order valence-corrected chi connectivity index (χ1v) is 8.51. The number of aliphatic hydroxyl groups is 1. The van der Waals surface area contributed by atoms with Gasteiger partial charge in [-0.1, -0.05) is 6.08 Å². The summed E-state index contributed by atoms with van der Waals surface area (Å²) in [7, 11) is -6.11. The molecule has 2 unspecified atom stereocenters. The molecule has 1 aliphatic carbocycles. The van der Waals surface area contributed by atoms with E-state index in [2.05, 4.69) is 9.05 Å². The average Bonchev–Trinajstić information content (AvgIpc) is 2.39. The van der Waals surface area contributed by atoms with E-state index in [0.29, 0.717) is 19.4 Å². The smallest absolute Gasteiger partial charge is 0.317 e. The Hall–Kier alpha value is -0.460. The Morgan fingerprint density at radius 2 is 1.85 bits per heavy atom. The van der Waals surface area contributed by atoms with E-state index in [-0.39, 0.29) is 25.1 Å². The van der Waals surface area contributed by atoms with E-state index in [1.165, 1.54) is 4.90 Å². The van der Waals surface area contributed by atoms with Gasteiger partial charge in [-0.15, -0.1) is 0 Å². The van der Waals surface area contributed by atoms with Crippen molar-refractivity contribution in [2.24, 2.45) is 5.92 Å². The third kappa shape index (κ3) is 7.97. The summed E-state index contributed by atoms with van der Waals surface area (Å²) >= 11 is 0. The lowest BCUT2D eigenvalue weighted by molar-refractivity contribution is 0.0475. The van der Waals surface area contributed by atoms with Gasteiger partial charge in [0.1, 0.15) is 19.2 Å². The number of hydrogen-bond acceptors (Lipinski definition) is 6. The van der Waals surface area contributed by atoms with Crippen LogP contribution in [-0.4, -0.2) is 39.8 Å². The largest absolute Gasteiger partial charge is 0.508 e. The fourth-order valence-corrected chi connectivity index (χ4v) is 2.26. The Labute approximate surface area is 118 Å². The molecule has 0 spiro atoms. The molecule has 3 atom stereocenters. The maximum absolute atomic E-state index is 10.5. The normalized spacial score (nSPS) is 21.8. The lowest BCUT2D eigenvalue weighted by Gasteiger charge is -2.23. The Morgan fingerprint density at radius 3 is 2.30 bits per heavy atom. The zero-order chi connectivity index (χ0) is 15.0. The molecule has 10 heteroatoms. The van der Waals surface area contributed by atoms with Crippen LogP contribution < -0.4 is 0 Å². The van der Waals surface area contributed by atoms with Crippen molar-refractivity contribution in [2.75, 3.05) is 20.0 Å². The number of rotatable bonds is 9. The second-order valence-electron chi connectivity index (χ2n) is 4.25. The summed E-state index contributed by atoms with van der Waals surface area (Å²) in [5.41, 5.74) is 0. The maximum Gasteiger partial charge on any atom is 0.317 e. The fraction of sp³-hybridized carbons (Fsp3) is 0.600. The molecule has 1 rings (SSSR count). The molecule has 0 aromatic rings. The Balaban J connectivity index is 2.36. The van der Waals surface area contributed by atoms with Crippen molar-refractivity contribution < 1.29 is 33.1 Å². The molecule has 0 saturated carbocycles. The molecular weight excluding hydrogens is 308 g/mol. The second kappa shape index (κ2) is 9.47. The zero-order valence-corrected chi connectivity index (χ0v) is 12.8. The van der Waals surface area contributed by atoms with Crippen LogP contribution >= 0.6 is 16.5 Å². The summed E-state index contributed by atoms with van der Waals surface area (Å²) in [6.07, 6.45) is 6.60. The van der Waals surface area contributed by atoms with Gasteiger partial charge in [0.05, 0.1) is 0 Å². The third-order valence-corrected chi connectivity index (χ3v) is 3.48. The number of allylic oxidation sites excluding steroid dienone is 3. The predicted octanol–water partition coefficient (Wildman–Crippen LogP) is 1.41. The first-order valence-electron chi connectivity index (χ1n) is 5.98. The molecule has 8 nitrogen and oxygen atoms in total. The van der Waals surface area contributed by atoms with Crippen LogP contribution in [0.1, 0.15) is 12.8 Å². The van der Waals surface area contributed by atoms with E-state index in [9.17, 15) is 14.2 Å². The third-order valence-electron chi connectivity index (χ3n) is 2.73. The predicted molar refractivity (Wildman–Crippen MR) is 73.6 cm³/mol. The second-order valence-corrected chi connectivity index (χ2v) is 5.89. The summed E-state index contributed by atoms with van der Waals surface area (Å²) in [5, 5.41) is 9.20. The summed E-state index contributed by atoms with van der Waals surface area (Å²) < 4.78 is 30.3. The van der Waals surface area contributed by atoms with Gasteiger partial charge < -0.3 is 14.9 Å². The van der Waals surface area contributed by atoms with E-state index < -0.39 is 16.5 Å². The van der Waals surface area contributed by atoms with Crippen LogP contribution in [0, 0.1) is 5.92 Å². The van der Waals surface area contributed by atoms with Crippen LogP contribution in [0.25, 0.3) is 0 Å². The van der Waals surface area contributed by atoms with Gasteiger partial charge in [-0.2, -0.15) is 0 Å². The molecule has 0 amide bonds. The molecule has 0 fully saturated rings. The summed E-state index contributed by atoms with van der Waals surface area (Å²) in [6, 6.07) is 0. The molecule has 0 aromatic heterocycles. The lowest BCUT2D eigenvalue weighted by atomic mass is 9.96. The Bertz CT molecular complexity index is 394. The van der Waals surface area contributed by atoms with Crippen molar-refractivity contribution in [3.05, 3.63) is 24.0 Å². The number of hydrogen-bond donors (Lipinski definition) is 3. The SMILES string of the molecule is O=[PH](O)OCN(CC[C@@H]1C=CC(O)=CC1)CO[PH](=O)O. The minimum atomic E-state index is -3.05. The topological polar surface area (TPSA) is 117 Å². The molecule has 0 aromatic carbocycles. The van der Waals surface area contributed by atoms with Gasteiger partial charge in [0.2, 0.25) is 0 Å². The van der Waals surface area contributed by atoms with Gasteiger partial charge in [-0.3, -0.25) is 23.1 Å². The highest BCUT2D eigenvalue weighted by Gasteiger charge is 2.13. The highest BCUT2D eigenvalue weighted by atomic mass is 31.1. The molecular formula is C10H19NO7P2. The number of nitrogens with zero attached hydrogens (tertiary/aromatic N) is 1. The van der Waals surface area contributed by atoms with Crippen LogP contribution in [0.4, 0.5) is 0 Å². The fourth-order valence-electron chi connectivity index (χ4n) is 1.68. The van der Waals surface area contributed by atoms with Crippen LogP contribution in [0.5, 0.6) is 0 Å². The van der Waals surface area contributed by atoms with E-state index in [4.69, 9.17) is 9.79 Å². The Kier molecular flexibility index (Phi) is 8.33. The van der Waals surface area contributed by atoms with E-state index in [1.807, 2.05) is 6.08 Å². The molecule has 0 radical (unpaired) electrons. The van der Waals surface area contributed by atoms with E-state index in [1.54, 1.807) is 12.2 Å². The molecule has 0 saturated heterocycles. The highest BCUT2D eigenvalue weighted by Crippen LogP contribution is 2.21. The minimum absolute atomic E-state index is 0.152. The van der Waals surface area contributed by atoms with Crippen LogP contribution in [0.3, 0.4) is 0 Å². The lowest BCUT2D eigenvalue weighted by Crippen LogP contribution is -2.29. The van der Waals surface area contributed by atoms with E-state index >= 15 is 0 Å². The van der Waals surface area contributed by atoms with Crippen molar-refractivity contribution >= 4 is 16.5 Å². The summed E-state index contributed by atoms with van der Waals surface area (Å²) in [4.78, 5) is 18.8. The standard InChI is InChI=1S/C10H19NO7P2/c12-10-3-1-9(2-4-10)5-6-11(7-17-19(13)14)8-18-20(15)16/h1,3-4,9,12,19-20H,2,5-8H2,(H,13,14)(H,15,16)/t9-/m1/s1. The van der Waals surface area contributed by atoms with Crippen molar-refractivity contribution in [1.82, 2.24) is 4.90 Å². The summed E-state index contributed by atoms with van der Waals surface area (Å²) in [5.74, 6) is 0.466. The first kappa shape index (κ1) is 17.6. The molecule has 20 heavy (non-hydrogen) atoms. The van der Waals surface area contributed by atoms with Crippen LogP contribution in [0.2, 0.25) is 0 Å². The highest BCUT2D eigenvalue weighted by molar-refractivity contribution is 7.32. The Morgan fingerprint density at radius 1 is 1.25 bits per heavy atom. The van der Waals surface area contributed by atoms with Crippen molar-refractivity contribution in [3.8, 4) is 0 Å². The molecule has 3 N–H and O–H groups in total. The van der Waals surface area contributed by atoms with Gasteiger partial charge >= 0.3 is 16.5 Å². The van der Waals surface area contributed by atoms with Gasteiger partial charge in [-0.25, -0.2) is 0 Å². The summed E-state index contributed by atoms with van der Waals surface area (Å²) in [6.45, 7) is 0.163. The van der Waals surface area contributed by atoms with Crippen molar-refractivity contribution in [1.29, 1.82) is 0 Å². The quantitative estimate of drug-likeness (QED) is 0.430. The number of aliphatic hydroxyl groups excluding tert-OH is 1. The van der Waals surface area contributed by atoms with Crippen LogP contribution in [-0.2, 0) is 18.2 Å². The monoisotopic (exact) mass is 327 g/mol.